The maximum absolute atomic E-state index is 13.1. The van der Waals surface area contributed by atoms with E-state index in [1.54, 1.807) is 11.0 Å². The zero-order chi connectivity index (χ0) is 26.1. The standard InChI is InChI=1S/C26H29BrN4O5S/c1-17-4-2-3-7-30(17)24(33)15-29-14-18(20-13-19(27)5-6-21(20)29)12-22-25(34)31(26(35)37-22)16-23(32)28-8-10-36-11-9-28/h5-6,12-14,17H,2-4,7-11,15-16H2,1H3/b22-12-/t17-/m0/s1. The lowest BCUT2D eigenvalue weighted by atomic mass is 10.0. The second kappa shape index (κ2) is 11.0. The molecule has 0 spiro atoms. The molecular formula is C26H29BrN4O5S. The molecular weight excluding hydrogens is 560 g/mol. The molecule has 0 bridgehead atoms. The Bertz CT molecular complexity index is 1290. The molecule has 11 heteroatoms. The van der Waals surface area contributed by atoms with Crippen molar-refractivity contribution in [2.75, 3.05) is 39.4 Å². The molecule has 0 unspecified atom stereocenters. The van der Waals surface area contributed by atoms with Crippen LogP contribution in [0.1, 0.15) is 31.7 Å². The summed E-state index contributed by atoms with van der Waals surface area (Å²) in [4.78, 5) is 56.4. The Labute approximate surface area is 227 Å². The van der Waals surface area contributed by atoms with Gasteiger partial charge in [0.05, 0.1) is 18.1 Å². The van der Waals surface area contributed by atoms with Crippen LogP contribution in [0.25, 0.3) is 17.0 Å². The van der Waals surface area contributed by atoms with E-state index in [1.807, 2.05) is 33.9 Å². The molecule has 0 N–H and O–H groups in total. The molecule has 3 fully saturated rings. The number of fused-ring (bicyclic) bond motifs is 1. The number of likely N-dealkylation sites (tertiary alicyclic amines) is 1. The predicted octanol–water partition coefficient (Wildman–Crippen LogP) is 3.70. The first kappa shape index (κ1) is 26.0. The second-order valence-corrected chi connectivity index (χ2v) is 11.5. The summed E-state index contributed by atoms with van der Waals surface area (Å²) in [5.74, 6) is -0.677. The fraction of sp³-hybridized carbons (Fsp3) is 0.462. The highest BCUT2D eigenvalue weighted by Crippen LogP contribution is 2.35. The minimum Gasteiger partial charge on any atom is -0.378 e. The Hall–Kier alpha value is -2.63. The first-order valence-electron chi connectivity index (χ1n) is 12.5. The molecule has 3 saturated heterocycles. The summed E-state index contributed by atoms with van der Waals surface area (Å²) < 4.78 is 8.05. The number of imide groups is 1. The largest absolute Gasteiger partial charge is 0.378 e. The van der Waals surface area contributed by atoms with Crippen LogP contribution in [-0.4, -0.2) is 87.7 Å². The van der Waals surface area contributed by atoms with Gasteiger partial charge in [0, 0.05) is 52.8 Å². The van der Waals surface area contributed by atoms with E-state index in [1.165, 1.54) is 0 Å². The van der Waals surface area contributed by atoms with E-state index in [9.17, 15) is 19.2 Å². The van der Waals surface area contributed by atoms with Gasteiger partial charge >= 0.3 is 0 Å². The third-order valence-corrected chi connectivity index (χ3v) is 8.52. The van der Waals surface area contributed by atoms with Gasteiger partial charge in [-0.15, -0.1) is 0 Å². The summed E-state index contributed by atoms with van der Waals surface area (Å²) in [6.07, 6.45) is 6.72. The molecule has 37 heavy (non-hydrogen) atoms. The summed E-state index contributed by atoms with van der Waals surface area (Å²) in [6.45, 7) is 4.59. The molecule has 4 heterocycles. The third-order valence-electron chi connectivity index (χ3n) is 7.12. The van der Waals surface area contributed by atoms with Crippen molar-refractivity contribution in [2.24, 2.45) is 0 Å². The molecule has 0 radical (unpaired) electrons. The number of carbonyl (C=O) groups excluding carboxylic acids is 4. The van der Waals surface area contributed by atoms with Gasteiger partial charge in [0.25, 0.3) is 11.1 Å². The highest BCUT2D eigenvalue weighted by atomic mass is 79.9. The number of nitrogens with zero attached hydrogens (tertiary/aromatic N) is 4. The Balaban J connectivity index is 1.39. The SMILES string of the molecule is C[C@H]1CCCCN1C(=O)Cn1cc(/C=C2\SC(=O)N(CC(=O)N3CCOCC3)C2=O)c2cc(Br)ccc21. The maximum atomic E-state index is 13.1. The lowest BCUT2D eigenvalue weighted by Gasteiger charge is -2.33. The van der Waals surface area contributed by atoms with Crippen LogP contribution < -0.4 is 0 Å². The van der Waals surface area contributed by atoms with Crippen molar-refractivity contribution in [3.63, 3.8) is 0 Å². The van der Waals surface area contributed by atoms with Gasteiger partial charge in [-0.05, 0) is 62.2 Å². The molecule has 1 atom stereocenters. The number of carbonyl (C=O) groups is 4. The zero-order valence-electron chi connectivity index (χ0n) is 20.7. The molecule has 1 aromatic carbocycles. The van der Waals surface area contributed by atoms with Crippen LogP contribution in [0.5, 0.6) is 0 Å². The molecule has 0 aliphatic carbocycles. The molecule has 196 valence electrons. The monoisotopic (exact) mass is 588 g/mol. The summed E-state index contributed by atoms with van der Waals surface area (Å²) >= 11 is 4.35. The fourth-order valence-electron chi connectivity index (χ4n) is 5.07. The number of rotatable bonds is 5. The number of hydrogen-bond donors (Lipinski definition) is 0. The van der Waals surface area contributed by atoms with Crippen molar-refractivity contribution in [3.8, 4) is 0 Å². The van der Waals surface area contributed by atoms with E-state index in [4.69, 9.17) is 4.74 Å². The maximum Gasteiger partial charge on any atom is 0.294 e. The van der Waals surface area contributed by atoms with Crippen molar-refractivity contribution in [1.82, 2.24) is 19.3 Å². The summed E-state index contributed by atoms with van der Waals surface area (Å²) in [5, 5.41) is 0.405. The van der Waals surface area contributed by atoms with Crippen molar-refractivity contribution >= 4 is 67.6 Å². The average Bonchev–Trinajstić information content (AvgIpc) is 3.35. The van der Waals surface area contributed by atoms with Crippen molar-refractivity contribution in [3.05, 3.63) is 39.3 Å². The van der Waals surface area contributed by atoms with Crippen LogP contribution in [0.15, 0.2) is 33.8 Å². The third kappa shape index (κ3) is 5.49. The lowest BCUT2D eigenvalue weighted by Crippen LogP contribution is -2.46. The van der Waals surface area contributed by atoms with E-state index < -0.39 is 11.1 Å². The number of thioether (sulfide) groups is 1. The van der Waals surface area contributed by atoms with E-state index in [-0.39, 0.29) is 35.9 Å². The summed E-state index contributed by atoms with van der Waals surface area (Å²) in [7, 11) is 0. The first-order chi connectivity index (χ1) is 17.8. The molecule has 1 aromatic heterocycles. The van der Waals surface area contributed by atoms with Gasteiger partial charge in [-0.3, -0.25) is 24.1 Å². The summed E-state index contributed by atoms with van der Waals surface area (Å²) in [6, 6.07) is 6.03. The van der Waals surface area contributed by atoms with Crippen molar-refractivity contribution in [2.45, 2.75) is 38.8 Å². The van der Waals surface area contributed by atoms with Gasteiger partial charge in [-0.25, -0.2) is 0 Å². The van der Waals surface area contributed by atoms with Crippen LogP contribution in [-0.2, 0) is 25.7 Å². The van der Waals surface area contributed by atoms with Crippen LogP contribution >= 0.6 is 27.7 Å². The molecule has 9 nitrogen and oxygen atoms in total. The number of halogens is 1. The highest BCUT2D eigenvalue weighted by molar-refractivity contribution is 9.10. The number of hydrogen-bond acceptors (Lipinski definition) is 6. The summed E-state index contributed by atoms with van der Waals surface area (Å²) in [5.41, 5.74) is 1.61. The van der Waals surface area contributed by atoms with Gasteiger partial charge in [0.2, 0.25) is 11.8 Å². The minimum absolute atomic E-state index is 0.0699. The van der Waals surface area contributed by atoms with E-state index in [0.29, 0.717) is 26.3 Å². The topological polar surface area (TPSA) is 92.2 Å². The molecule has 0 saturated carbocycles. The quantitative estimate of drug-likeness (QED) is 0.494. The number of aromatic nitrogens is 1. The molecule has 3 aliphatic heterocycles. The Morgan fingerprint density at radius 2 is 1.89 bits per heavy atom. The van der Waals surface area contributed by atoms with Gasteiger partial charge in [0.15, 0.2) is 0 Å². The van der Waals surface area contributed by atoms with Crippen LogP contribution in [0.4, 0.5) is 4.79 Å². The zero-order valence-corrected chi connectivity index (χ0v) is 23.1. The van der Waals surface area contributed by atoms with Crippen LogP contribution in [0, 0.1) is 0 Å². The smallest absolute Gasteiger partial charge is 0.294 e. The number of amides is 4. The number of piperidine rings is 1. The number of morpholine rings is 1. The second-order valence-electron chi connectivity index (χ2n) is 9.57. The fourth-order valence-corrected chi connectivity index (χ4v) is 6.26. The lowest BCUT2D eigenvalue weighted by molar-refractivity contribution is -0.139. The van der Waals surface area contributed by atoms with Crippen LogP contribution in [0.2, 0.25) is 0 Å². The predicted molar refractivity (Wildman–Crippen MR) is 145 cm³/mol. The first-order valence-corrected chi connectivity index (χ1v) is 14.1. The van der Waals surface area contributed by atoms with Gasteiger partial charge < -0.3 is 19.1 Å². The molecule has 5 rings (SSSR count). The molecule has 3 aliphatic rings. The van der Waals surface area contributed by atoms with Gasteiger partial charge in [-0.2, -0.15) is 0 Å². The Morgan fingerprint density at radius 3 is 2.65 bits per heavy atom. The Morgan fingerprint density at radius 1 is 1.11 bits per heavy atom. The van der Waals surface area contributed by atoms with Crippen molar-refractivity contribution in [1.29, 1.82) is 0 Å². The number of ether oxygens (including phenoxy) is 1. The highest BCUT2D eigenvalue weighted by Gasteiger charge is 2.37. The molecule has 4 amide bonds. The van der Waals surface area contributed by atoms with E-state index >= 15 is 0 Å². The van der Waals surface area contributed by atoms with Gasteiger partial charge in [0.1, 0.15) is 13.1 Å². The molecule has 2 aromatic rings. The van der Waals surface area contributed by atoms with E-state index in [0.717, 1.165) is 63.4 Å². The van der Waals surface area contributed by atoms with Crippen molar-refractivity contribution < 1.29 is 23.9 Å². The number of benzene rings is 1. The normalized spacial score (nSPS) is 21.9. The van der Waals surface area contributed by atoms with E-state index in [2.05, 4.69) is 22.9 Å². The minimum atomic E-state index is -0.481. The Kier molecular flexibility index (Phi) is 7.73. The van der Waals surface area contributed by atoms with Crippen LogP contribution in [0.3, 0.4) is 0 Å². The van der Waals surface area contributed by atoms with Gasteiger partial charge in [-0.1, -0.05) is 15.9 Å². The average molecular weight is 590 g/mol.